The number of sulfonamides is 1. The third-order valence-electron chi connectivity index (χ3n) is 4.39. The molecule has 0 spiro atoms. The van der Waals surface area contributed by atoms with E-state index in [0.717, 1.165) is 0 Å². The van der Waals surface area contributed by atoms with Gasteiger partial charge in [-0.1, -0.05) is 54.6 Å². The quantitative estimate of drug-likeness (QED) is 0.538. The molecule has 1 aliphatic rings. The second kappa shape index (κ2) is 7.35. The molecule has 0 aliphatic heterocycles. The number of fused-ring (bicyclic) bond motifs is 1. The van der Waals surface area contributed by atoms with Crippen LogP contribution >= 0.6 is 0 Å². The number of hydrogen-bond donors (Lipinski definition) is 3. The molecule has 3 rings (SSSR count). The molecule has 1 aliphatic carbocycles. The van der Waals surface area contributed by atoms with Crippen LogP contribution in [-0.4, -0.2) is 25.3 Å². The van der Waals surface area contributed by atoms with Gasteiger partial charge in [0.25, 0.3) is 5.91 Å². The molecular weight excluding hydrogens is 340 g/mol. The molecule has 0 saturated carbocycles. The van der Waals surface area contributed by atoms with Crippen molar-refractivity contribution >= 4 is 15.9 Å². The van der Waals surface area contributed by atoms with Crippen molar-refractivity contribution in [2.75, 3.05) is 5.75 Å². The maximum Gasteiger partial charge on any atom is 0.266 e. The maximum atomic E-state index is 12.6. The minimum Gasteiger partial charge on any atom is -0.289 e. The highest BCUT2D eigenvalue weighted by molar-refractivity contribution is 7.89. The predicted octanol–water partition coefficient (Wildman–Crippen LogP) is 1.57. The van der Waals surface area contributed by atoms with Crippen molar-refractivity contribution < 1.29 is 18.4 Å². The number of hydrogen-bond acceptors (Lipinski definition) is 4. The second-order valence-electron chi connectivity index (χ2n) is 6.26. The normalized spacial score (nSPS) is 15.6. The standard InChI is InChI=1S/C18H20N2O4S/c21-18(19-22)17(14-6-2-1-3-7-14)20-25(23,24)12-13-10-15-8-4-5-9-16(15)11-13/h1-9,13,17,20,22H,10-12H2,(H,19,21)/t17-/m1/s1. The zero-order valence-corrected chi connectivity index (χ0v) is 14.4. The average molecular weight is 360 g/mol. The Kier molecular flexibility index (Phi) is 5.17. The summed E-state index contributed by atoms with van der Waals surface area (Å²) in [5.74, 6) is -0.906. The Labute approximate surface area is 146 Å². The summed E-state index contributed by atoms with van der Waals surface area (Å²) < 4.78 is 27.6. The summed E-state index contributed by atoms with van der Waals surface area (Å²) in [4.78, 5) is 11.9. The lowest BCUT2D eigenvalue weighted by molar-refractivity contribution is -0.131. The van der Waals surface area contributed by atoms with Crippen molar-refractivity contribution in [2.24, 2.45) is 5.92 Å². The number of rotatable bonds is 6. The summed E-state index contributed by atoms with van der Waals surface area (Å²) in [5, 5.41) is 8.93. The molecule has 0 aromatic heterocycles. The number of nitrogens with one attached hydrogen (secondary N) is 2. The van der Waals surface area contributed by atoms with Gasteiger partial charge < -0.3 is 0 Å². The van der Waals surface area contributed by atoms with Gasteiger partial charge in [0.05, 0.1) is 5.75 Å². The van der Waals surface area contributed by atoms with Crippen molar-refractivity contribution in [3.05, 3.63) is 71.3 Å². The molecule has 1 atom stereocenters. The molecule has 2 aromatic rings. The Hall–Kier alpha value is -2.22. The van der Waals surface area contributed by atoms with E-state index in [9.17, 15) is 13.2 Å². The van der Waals surface area contributed by atoms with Crippen molar-refractivity contribution in [2.45, 2.75) is 18.9 Å². The van der Waals surface area contributed by atoms with E-state index >= 15 is 0 Å². The van der Waals surface area contributed by atoms with E-state index in [4.69, 9.17) is 5.21 Å². The number of carbonyl (C=O) groups excluding carboxylic acids is 1. The first-order valence-electron chi connectivity index (χ1n) is 8.04. The first kappa shape index (κ1) is 17.6. The van der Waals surface area contributed by atoms with Crippen LogP contribution in [0.3, 0.4) is 0 Å². The van der Waals surface area contributed by atoms with Crippen LogP contribution < -0.4 is 10.2 Å². The van der Waals surface area contributed by atoms with Gasteiger partial charge in [0.1, 0.15) is 6.04 Å². The number of benzene rings is 2. The highest BCUT2D eigenvalue weighted by Gasteiger charge is 2.30. The van der Waals surface area contributed by atoms with Gasteiger partial charge in [-0.25, -0.2) is 13.9 Å². The fraction of sp³-hybridized carbons (Fsp3) is 0.278. The van der Waals surface area contributed by atoms with E-state index in [1.54, 1.807) is 30.3 Å². The van der Waals surface area contributed by atoms with Gasteiger partial charge in [-0.15, -0.1) is 0 Å². The first-order chi connectivity index (χ1) is 12.0. The first-order valence-corrected chi connectivity index (χ1v) is 9.69. The Morgan fingerprint density at radius 1 is 1.04 bits per heavy atom. The fourth-order valence-electron chi connectivity index (χ4n) is 3.29. The van der Waals surface area contributed by atoms with Gasteiger partial charge in [-0.2, -0.15) is 4.72 Å². The van der Waals surface area contributed by atoms with E-state index in [0.29, 0.717) is 18.4 Å². The minimum absolute atomic E-state index is 0.0245. The van der Waals surface area contributed by atoms with Crippen LogP contribution in [0.15, 0.2) is 54.6 Å². The summed E-state index contributed by atoms with van der Waals surface area (Å²) in [6.45, 7) is 0. The third kappa shape index (κ3) is 4.25. The monoisotopic (exact) mass is 360 g/mol. The smallest absolute Gasteiger partial charge is 0.266 e. The molecule has 2 aromatic carbocycles. The summed E-state index contributed by atoms with van der Waals surface area (Å²) in [5.41, 5.74) is 4.35. The zero-order chi connectivity index (χ0) is 17.9. The van der Waals surface area contributed by atoms with E-state index in [1.165, 1.54) is 16.6 Å². The van der Waals surface area contributed by atoms with Crippen molar-refractivity contribution in [1.82, 2.24) is 10.2 Å². The molecule has 0 heterocycles. The van der Waals surface area contributed by atoms with Crippen LogP contribution in [0.5, 0.6) is 0 Å². The largest absolute Gasteiger partial charge is 0.289 e. The Morgan fingerprint density at radius 3 is 2.16 bits per heavy atom. The molecule has 1 amide bonds. The Morgan fingerprint density at radius 2 is 1.60 bits per heavy atom. The summed E-state index contributed by atoms with van der Waals surface area (Å²) in [7, 11) is -3.71. The Bertz CT molecular complexity index is 827. The van der Waals surface area contributed by atoms with E-state index in [1.807, 2.05) is 24.3 Å². The van der Waals surface area contributed by atoms with Crippen molar-refractivity contribution in [3.8, 4) is 0 Å². The predicted molar refractivity (Wildman–Crippen MR) is 93.4 cm³/mol. The lowest BCUT2D eigenvalue weighted by atomic mass is 10.1. The number of carbonyl (C=O) groups is 1. The summed E-state index contributed by atoms with van der Waals surface area (Å²) in [6, 6.07) is 15.2. The molecule has 6 nitrogen and oxygen atoms in total. The van der Waals surface area contributed by atoms with E-state index < -0.39 is 22.0 Å². The van der Waals surface area contributed by atoms with Gasteiger partial charge in [-0.05, 0) is 35.4 Å². The topological polar surface area (TPSA) is 95.5 Å². The highest BCUT2D eigenvalue weighted by Crippen LogP contribution is 2.27. The molecule has 25 heavy (non-hydrogen) atoms. The van der Waals surface area contributed by atoms with Gasteiger partial charge in [0.15, 0.2) is 0 Å². The van der Waals surface area contributed by atoms with Gasteiger partial charge in [-0.3, -0.25) is 10.0 Å². The maximum absolute atomic E-state index is 12.6. The average Bonchev–Trinajstić information content (AvgIpc) is 3.01. The molecule has 132 valence electrons. The third-order valence-corrected chi connectivity index (χ3v) is 5.90. The second-order valence-corrected chi connectivity index (χ2v) is 8.06. The van der Waals surface area contributed by atoms with Crippen molar-refractivity contribution in [3.63, 3.8) is 0 Å². The lowest BCUT2D eigenvalue weighted by Gasteiger charge is -2.18. The highest BCUT2D eigenvalue weighted by atomic mass is 32.2. The fourth-order valence-corrected chi connectivity index (χ4v) is 4.84. The van der Waals surface area contributed by atoms with E-state index in [2.05, 4.69) is 4.72 Å². The molecule has 3 N–H and O–H groups in total. The summed E-state index contributed by atoms with van der Waals surface area (Å²) in [6.07, 6.45) is 1.42. The molecule has 0 fully saturated rings. The van der Waals surface area contributed by atoms with Crippen LogP contribution in [0.25, 0.3) is 0 Å². The van der Waals surface area contributed by atoms with Gasteiger partial charge in [0, 0.05) is 0 Å². The molecule has 7 heteroatoms. The zero-order valence-electron chi connectivity index (χ0n) is 13.6. The number of amides is 1. The molecule has 0 saturated heterocycles. The minimum atomic E-state index is -3.71. The summed E-state index contributed by atoms with van der Waals surface area (Å²) >= 11 is 0. The SMILES string of the molecule is O=C(NO)[C@H](NS(=O)(=O)CC1Cc2ccccc2C1)c1ccccc1. The molecule has 0 bridgehead atoms. The molecular formula is C18H20N2O4S. The van der Waals surface area contributed by atoms with E-state index in [-0.39, 0.29) is 11.7 Å². The molecule has 0 radical (unpaired) electrons. The van der Waals surface area contributed by atoms with Crippen LogP contribution in [0.1, 0.15) is 22.7 Å². The van der Waals surface area contributed by atoms with Gasteiger partial charge in [0.2, 0.25) is 10.0 Å². The Balaban J connectivity index is 1.72. The van der Waals surface area contributed by atoms with Crippen LogP contribution in [0.2, 0.25) is 0 Å². The lowest BCUT2D eigenvalue weighted by Crippen LogP contribution is -2.41. The van der Waals surface area contributed by atoms with Crippen molar-refractivity contribution in [1.29, 1.82) is 0 Å². The number of hydroxylamine groups is 1. The molecule has 0 unspecified atom stereocenters. The van der Waals surface area contributed by atoms with Crippen LogP contribution in [0.4, 0.5) is 0 Å². The van der Waals surface area contributed by atoms with Gasteiger partial charge >= 0.3 is 0 Å². The van der Waals surface area contributed by atoms with Crippen LogP contribution in [-0.2, 0) is 27.7 Å². The van der Waals surface area contributed by atoms with Crippen LogP contribution in [0, 0.1) is 5.92 Å².